The van der Waals surface area contributed by atoms with Gasteiger partial charge in [-0.2, -0.15) is 13.2 Å². The average Bonchev–Trinajstić information content (AvgIpc) is 3.37. The van der Waals surface area contributed by atoms with Gasteiger partial charge in [-0.1, -0.05) is 35.6 Å². The van der Waals surface area contributed by atoms with Crippen molar-refractivity contribution in [2.45, 2.75) is 19.2 Å². The van der Waals surface area contributed by atoms with Crippen LogP contribution in [0.4, 0.5) is 24.0 Å². The van der Waals surface area contributed by atoms with E-state index in [0.717, 1.165) is 21.7 Å². The van der Waals surface area contributed by atoms with Crippen LogP contribution in [0.25, 0.3) is 21.7 Å². The van der Waals surface area contributed by atoms with E-state index < -0.39 is 18.2 Å². The summed E-state index contributed by atoms with van der Waals surface area (Å²) in [5, 5.41) is 13.2. The molecule has 0 fully saturated rings. The number of nitrogens with zero attached hydrogens (tertiary/aromatic N) is 2. The van der Waals surface area contributed by atoms with Crippen LogP contribution in [0.1, 0.15) is 6.92 Å². The first-order valence-electron chi connectivity index (χ1n) is 11.8. The highest BCUT2D eigenvalue weighted by atomic mass is 32.1. The van der Waals surface area contributed by atoms with Crippen LogP contribution in [0.2, 0.25) is 0 Å². The molecule has 3 N–H and O–H groups in total. The minimum absolute atomic E-state index is 0.114. The van der Waals surface area contributed by atoms with Gasteiger partial charge in [0.1, 0.15) is 6.61 Å². The average molecular weight is 587 g/mol. The van der Waals surface area contributed by atoms with Crippen LogP contribution in [0, 0.1) is 0 Å². The molecule has 2 amide bonds. The monoisotopic (exact) mass is 586 g/mol. The number of hydrogen-bond acceptors (Lipinski definition) is 8. The van der Waals surface area contributed by atoms with Gasteiger partial charge in [0, 0.05) is 30.6 Å². The van der Waals surface area contributed by atoms with Crippen LogP contribution in [0.5, 0.6) is 11.5 Å². The first-order valence-corrected chi connectivity index (χ1v) is 12.6. The van der Waals surface area contributed by atoms with Gasteiger partial charge in [0.25, 0.3) is 5.91 Å². The highest BCUT2D eigenvalue weighted by molar-refractivity contribution is 7.19. The van der Waals surface area contributed by atoms with Crippen LogP contribution in [0.3, 0.4) is 0 Å². The molecule has 1 aliphatic heterocycles. The number of amides is 2. The minimum atomic E-state index is -5.08. The highest BCUT2D eigenvalue weighted by Crippen LogP contribution is 2.39. The Morgan fingerprint density at radius 2 is 1.59 bits per heavy atom. The molecule has 14 heteroatoms. The number of carboxylic acid groups (broad SMARTS) is 1. The topological polar surface area (TPSA) is 140 Å². The Labute approximate surface area is 234 Å². The number of carbonyl (C=O) groups is 3. The van der Waals surface area contributed by atoms with Crippen molar-refractivity contribution in [2.24, 2.45) is 0 Å². The molecule has 3 heterocycles. The Balaban J connectivity index is 0.000000493. The van der Waals surface area contributed by atoms with Gasteiger partial charge in [0.05, 0.1) is 10.6 Å². The summed E-state index contributed by atoms with van der Waals surface area (Å²) < 4.78 is 43.2. The number of anilines is 2. The number of fused-ring (bicyclic) bond motifs is 1. The van der Waals surface area contributed by atoms with Gasteiger partial charge in [-0.3, -0.25) is 19.9 Å². The molecule has 4 aromatic rings. The number of aliphatic carboxylic acids is 1. The lowest BCUT2D eigenvalue weighted by Gasteiger charge is -2.25. The summed E-state index contributed by atoms with van der Waals surface area (Å²) in [6.07, 6.45) is -2.48. The van der Waals surface area contributed by atoms with Crippen molar-refractivity contribution in [3.63, 3.8) is 0 Å². The number of benzene rings is 2. The molecule has 2 aromatic heterocycles. The lowest BCUT2D eigenvalue weighted by molar-refractivity contribution is -0.192. The molecule has 0 bridgehead atoms. The summed E-state index contributed by atoms with van der Waals surface area (Å²) in [7, 11) is 0. The Hall–Kier alpha value is -4.98. The summed E-state index contributed by atoms with van der Waals surface area (Å²) in [6, 6.07) is 18.4. The van der Waals surface area contributed by atoms with E-state index in [1.807, 2.05) is 48.5 Å². The molecule has 1 atom stereocenters. The number of carboxylic acids is 1. The van der Waals surface area contributed by atoms with Crippen LogP contribution in [-0.4, -0.2) is 51.7 Å². The SMILES string of the molecule is CC(=O)Nc1ccc(-c2sc(NC(=O)C3COc4ccccc4O3)nc2-c2ccncc2)cc1.O=C(O)C(F)(F)F. The number of halogens is 3. The quantitative estimate of drug-likeness (QED) is 0.289. The molecule has 5 rings (SSSR count). The third kappa shape index (κ3) is 7.57. The van der Waals surface area contributed by atoms with Crippen LogP contribution in [-0.2, 0) is 14.4 Å². The second-order valence-corrected chi connectivity index (χ2v) is 9.35. The zero-order chi connectivity index (χ0) is 29.6. The number of ether oxygens (including phenoxy) is 2. The smallest absolute Gasteiger partial charge is 0.485 e. The van der Waals surface area contributed by atoms with Gasteiger partial charge in [-0.05, 0) is 42.0 Å². The van der Waals surface area contributed by atoms with Crippen molar-refractivity contribution >= 4 is 39.9 Å². The standard InChI is InChI=1S/C25H20N4O4S.C2HF3O2/c1-15(30)27-18-8-6-17(7-9-18)23-22(16-10-12-26-13-11-16)28-25(34-23)29-24(31)21-14-32-19-4-2-3-5-20(19)33-21;3-2(4,5)1(6)7/h2-13,21H,14H2,1H3,(H,27,30)(H,28,29,31);(H,6,7). The van der Waals surface area contributed by atoms with Crippen LogP contribution in [0.15, 0.2) is 73.1 Å². The van der Waals surface area contributed by atoms with E-state index >= 15 is 0 Å². The van der Waals surface area contributed by atoms with Crippen molar-refractivity contribution in [2.75, 3.05) is 17.2 Å². The van der Waals surface area contributed by atoms with Gasteiger partial charge >= 0.3 is 12.1 Å². The fourth-order valence-corrected chi connectivity index (χ4v) is 4.51. The molecule has 0 saturated heterocycles. The van der Waals surface area contributed by atoms with Crippen LogP contribution >= 0.6 is 11.3 Å². The predicted octanol–water partition coefficient (Wildman–Crippen LogP) is 5.24. The number of nitrogens with one attached hydrogen (secondary N) is 2. The van der Waals surface area contributed by atoms with Crippen LogP contribution < -0.4 is 20.1 Å². The number of rotatable bonds is 5. The fourth-order valence-electron chi connectivity index (χ4n) is 3.52. The van der Waals surface area contributed by atoms with Crippen molar-refractivity contribution in [1.29, 1.82) is 0 Å². The first kappa shape index (κ1) is 29.0. The van der Waals surface area contributed by atoms with Crippen molar-refractivity contribution in [1.82, 2.24) is 9.97 Å². The van der Waals surface area contributed by atoms with Crippen molar-refractivity contribution in [3.05, 3.63) is 73.1 Å². The lowest BCUT2D eigenvalue weighted by Crippen LogP contribution is -2.40. The Bertz CT molecular complexity index is 1540. The zero-order valence-corrected chi connectivity index (χ0v) is 22.0. The maximum Gasteiger partial charge on any atom is 0.490 e. The maximum atomic E-state index is 12.9. The largest absolute Gasteiger partial charge is 0.490 e. The molecule has 0 spiro atoms. The predicted molar refractivity (Wildman–Crippen MR) is 144 cm³/mol. The molecule has 41 heavy (non-hydrogen) atoms. The molecule has 212 valence electrons. The van der Waals surface area contributed by atoms with Gasteiger partial charge in [-0.15, -0.1) is 0 Å². The van der Waals surface area contributed by atoms with Gasteiger partial charge in [0.2, 0.25) is 12.0 Å². The number of carbonyl (C=O) groups excluding carboxylic acids is 2. The maximum absolute atomic E-state index is 12.9. The van der Waals surface area contributed by atoms with Gasteiger partial charge < -0.3 is 19.9 Å². The Morgan fingerprint density at radius 1 is 0.951 bits per heavy atom. The molecule has 2 aromatic carbocycles. The normalized spacial score (nSPS) is 13.8. The number of alkyl halides is 3. The summed E-state index contributed by atoms with van der Waals surface area (Å²) in [4.78, 5) is 42.8. The third-order valence-corrected chi connectivity index (χ3v) is 6.34. The summed E-state index contributed by atoms with van der Waals surface area (Å²) in [5.74, 6) is -2.08. The Morgan fingerprint density at radius 3 is 2.20 bits per heavy atom. The molecule has 1 unspecified atom stereocenters. The van der Waals surface area contributed by atoms with E-state index in [2.05, 4.69) is 15.6 Å². The van der Waals surface area contributed by atoms with Crippen molar-refractivity contribution < 1.29 is 42.1 Å². The highest BCUT2D eigenvalue weighted by Gasteiger charge is 2.38. The zero-order valence-electron chi connectivity index (χ0n) is 21.1. The van der Waals surface area contributed by atoms with Gasteiger partial charge in [0.15, 0.2) is 16.6 Å². The van der Waals surface area contributed by atoms with E-state index in [4.69, 9.17) is 24.4 Å². The number of para-hydroxylation sites is 2. The first-order chi connectivity index (χ1) is 19.5. The molecule has 1 aliphatic rings. The fraction of sp³-hybridized carbons (Fsp3) is 0.148. The molecule has 10 nitrogen and oxygen atoms in total. The molecule has 0 radical (unpaired) electrons. The third-order valence-electron chi connectivity index (χ3n) is 5.32. The van der Waals surface area contributed by atoms with E-state index in [-0.39, 0.29) is 18.4 Å². The van der Waals surface area contributed by atoms with E-state index in [1.165, 1.54) is 18.3 Å². The molecule has 0 aliphatic carbocycles. The second-order valence-electron chi connectivity index (χ2n) is 8.35. The minimum Gasteiger partial charge on any atom is -0.485 e. The molecular formula is C27H21F3N4O6S. The number of aromatic nitrogens is 2. The number of thiazole rings is 1. The number of hydrogen-bond donors (Lipinski definition) is 3. The summed E-state index contributed by atoms with van der Waals surface area (Å²) in [5.41, 5.74) is 3.21. The van der Waals surface area contributed by atoms with E-state index in [1.54, 1.807) is 24.5 Å². The Kier molecular flexibility index (Phi) is 8.82. The summed E-state index contributed by atoms with van der Waals surface area (Å²) in [6.45, 7) is 1.58. The molecule has 0 saturated carbocycles. The van der Waals surface area contributed by atoms with E-state index in [0.29, 0.717) is 22.3 Å². The van der Waals surface area contributed by atoms with E-state index in [9.17, 15) is 22.8 Å². The number of pyridine rings is 1. The molecular weight excluding hydrogens is 565 g/mol. The second kappa shape index (κ2) is 12.5. The van der Waals surface area contributed by atoms with Gasteiger partial charge in [-0.25, -0.2) is 9.78 Å². The summed E-state index contributed by atoms with van der Waals surface area (Å²) >= 11 is 1.36. The van der Waals surface area contributed by atoms with Crippen molar-refractivity contribution in [3.8, 4) is 33.2 Å². The lowest BCUT2D eigenvalue weighted by atomic mass is 10.1.